The molecule has 8 heteroatoms. The van der Waals surface area contributed by atoms with E-state index >= 15 is 0 Å². The molecule has 3 heterocycles. The third kappa shape index (κ3) is 4.80. The van der Waals surface area contributed by atoms with Crippen LogP contribution < -0.4 is 10.1 Å². The standard InChI is InChI=1S/C24H26N4O4/c1-16-15-21(27-32-16)24(30)28-13-10-18(11-14-28)23(29)26-22(20-5-3-4-12-25-20)17-6-8-19(31-2)9-7-17/h3-9,12,15,18,22H,10-11,13-14H2,1-2H3,(H,26,29). The van der Waals surface area contributed by atoms with E-state index in [4.69, 9.17) is 9.26 Å². The zero-order chi connectivity index (χ0) is 22.5. The van der Waals surface area contributed by atoms with Crippen molar-refractivity contribution < 1.29 is 18.8 Å². The summed E-state index contributed by atoms with van der Waals surface area (Å²) in [7, 11) is 1.62. The number of ether oxygens (including phenoxy) is 1. The first-order chi connectivity index (χ1) is 15.5. The minimum Gasteiger partial charge on any atom is -0.497 e. The van der Waals surface area contributed by atoms with Crippen molar-refractivity contribution >= 4 is 11.8 Å². The van der Waals surface area contributed by atoms with Crippen LogP contribution in [0.15, 0.2) is 59.3 Å². The number of hydrogen-bond donors (Lipinski definition) is 1. The molecule has 8 nitrogen and oxygen atoms in total. The van der Waals surface area contributed by atoms with Gasteiger partial charge in [-0.2, -0.15) is 0 Å². The first kappa shape index (κ1) is 21.5. The lowest BCUT2D eigenvalue weighted by atomic mass is 9.94. The van der Waals surface area contributed by atoms with Crippen LogP contribution in [0.1, 0.15) is 46.4 Å². The van der Waals surface area contributed by atoms with Gasteiger partial charge in [-0.25, -0.2) is 0 Å². The Bertz CT molecular complexity index is 1060. The van der Waals surface area contributed by atoms with Gasteiger partial charge in [0.05, 0.1) is 18.8 Å². The third-order valence-electron chi connectivity index (χ3n) is 5.72. The number of benzene rings is 1. The predicted molar refractivity (Wildman–Crippen MR) is 117 cm³/mol. The smallest absolute Gasteiger partial charge is 0.276 e. The second-order valence-corrected chi connectivity index (χ2v) is 7.86. The Balaban J connectivity index is 1.43. The van der Waals surface area contributed by atoms with Crippen LogP contribution in [0.4, 0.5) is 0 Å². The summed E-state index contributed by atoms with van der Waals surface area (Å²) in [6.07, 6.45) is 2.89. The van der Waals surface area contributed by atoms with Crippen LogP contribution in [-0.2, 0) is 4.79 Å². The second kappa shape index (κ2) is 9.64. The molecule has 1 atom stereocenters. The Labute approximate surface area is 186 Å². The van der Waals surface area contributed by atoms with E-state index in [9.17, 15) is 9.59 Å². The van der Waals surface area contributed by atoms with Gasteiger partial charge in [-0.3, -0.25) is 14.6 Å². The van der Waals surface area contributed by atoms with E-state index in [2.05, 4.69) is 15.5 Å². The molecule has 1 saturated heterocycles. The molecule has 1 aromatic carbocycles. The molecule has 2 amide bonds. The molecule has 0 saturated carbocycles. The fraction of sp³-hybridized carbons (Fsp3) is 0.333. The first-order valence-electron chi connectivity index (χ1n) is 10.6. The average molecular weight is 434 g/mol. The normalized spacial score (nSPS) is 15.2. The predicted octanol–water partition coefficient (Wildman–Crippen LogP) is 3.14. The highest BCUT2D eigenvalue weighted by atomic mass is 16.5. The maximum atomic E-state index is 13.1. The van der Waals surface area contributed by atoms with Crippen LogP contribution >= 0.6 is 0 Å². The second-order valence-electron chi connectivity index (χ2n) is 7.86. The summed E-state index contributed by atoms with van der Waals surface area (Å²) in [4.78, 5) is 31.9. The van der Waals surface area contributed by atoms with Crippen molar-refractivity contribution in [2.24, 2.45) is 5.92 Å². The van der Waals surface area contributed by atoms with Gasteiger partial charge in [0.2, 0.25) is 5.91 Å². The number of methoxy groups -OCH3 is 1. The number of nitrogens with zero attached hydrogens (tertiary/aromatic N) is 3. The lowest BCUT2D eigenvalue weighted by Crippen LogP contribution is -2.44. The fourth-order valence-electron chi connectivity index (χ4n) is 3.91. The summed E-state index contributed by atoms with van der Waals surface area (Å²) in [6, 6.07) is 14.5. The molecule has 1 N–H and O–H groups in total. The number of piperidine rings is 1. The summed E-state index contributed by atoms with van der Waals surface area (Å²) in [5.74, 6) is 0.967. The lowest BCUT2D eigenvalue weighted by molar-refractivity contribution is -0.126. The lowest BCUT2D eigenvalue weighted by Gasteiger charge is -2.31. The van der Waals surface area contributed by atoms with E-state index < -0.39 is 0 Å². The molecule has 2 aromatic heterocycles. The maximum absolute atomic E-state index is 13.1. The minimum atomic E-state index is -0.368. The van der Waals surface area contributed by atoms with Crippen LogP contribution in [0.5, 0.6) is 5.75 Å². The van der Waals surface area contributed by atoms with Crippen LogP contribution in [-0.4, -0.2) is 47.1 Å². The Morgan fingerprint density at radius 1 is 1.16 bits per heavy atom. The minimum absolute atomic E-state index is 0.0409. The number of carbonyl (C=O) groups excluding carboxylic acids is 2. The number of aryl methyl sites for hydroxylation is 1. The summed E-state index contributed by atoms with van der Waals surface area (Å²) >= 11 is 0. The first-order valence-corrected chi connectivity index (χ1v) is 10.6. The van der Waals surface area contributed by atoms with E-state index in [1.165, 1.54) is 0 Å². The number of aromatic nitrogens is 2. The SMILES string of the molecule is COc1ccc(C(NC(=O)C2CCN(C(=O)c3cc(C)on3)CC2)c2ccccn2)cc1. The fourth-order valence-corrected chi connectivity index (χ4v) is 3.91. The van der Waals surface area contributed by atoms with Gasteiger partial charge in [-0.15, -0.1) is 0 Å². The van der Waals surface area contributed by atoms with Gasteiger partial charge in [-0.1, -0.05) is 23.4 Å². The highest BCUT2D eigenvalue weighted by Crippen LogP contribution is 2.25. The van der Waals surface area contributed by atoms with Crippen molar-refractivity contribution in [2.75, 3.05) is 20.2 Å². The zero-order valence-corrected chi connectivity index (χ0v) is 18.2. The third-order valence-corrected chi connectivity index (χ3v) is 5.72. The van der Waals surface area contributed by atoms with Crippen LogP contribution in [0.2, 0.25) is 0 Å². The molecule has 166 valence electrons. The summed E-state index contributed by atoms with van der Waals surface area (Å²) in [5.41, 5.74) is 1.99. The van der Waals surface area contributed by atoms with Crippen molar-refractivity contribution in [3.05, 3.63) is 77.4 Å². The summed E-state index contributed by atoms with van der Waals surface area (Å²) in [6.45, 7) is 2.75. The molecule has 1 aliphatic heterocycles. The molecule has 1 aliphatic rings. The van der Waals surface area contributed by atoms with Crippen molar-refractivity contribution in [3.8, 4) is 5.75 Å². The maximum Gasteiger partial charge on any atom is 0.276 e. The van der Waals surface area contributed by atoms with E-state index in [0.29, 0.717) is 37.4 Å². The van der Waals surface area contributed by atoms with Crippen LogP contribution in [0.25, 0.3) is 0 Å². The topological polar surface area (TPSA) is 97.6 Å². The van der Waals surface area contributed by atoms with E-state index in [1.807, 2.05) is 42.5 Å². The zero-order valence-electron chi connectivity index (χ0n) is 18.2. The van der Waals surface area contributed by atoms with Crippen molar-refractivity contribution in [2.45, 2.75) is 25.8 Å². The molecule has 0 spiro atoms. The number of amides is 2. The monoisotopic (exact) mass is 434 g/mol. The summed E-state index contributed by atoms with van der Waals surface area (Å²) in [5, 5.41) is 6.97. The van der Waals surface area contributed by atoms with Gasteiger partial charge in [0, 0.05) is 31.3 Å². The number of likely N-dealkylation sites (tertiary alicyclic amines) is 1. The number of hydrogen-bond acceptors (Lipinski definition) is 6. The molecule has 32 heavy (non-hydrogen) atoms. The Kier molecular flexibility index (Phi) is 6.49. The van der Waals surface area contributed by atoms with Gasteiger partial charge in [0.25, 0.3) is 5.91 Å². The number of nitrogens with one attached hydrogen (secondary N) is 1. The molecule has 0 aliphatic carbocycles. The molecule has 3 aromatic rings. The van der Waals surface area contributed by atoms with Crippen LogP contribution in [0.3, 0.4) is 0 Å². The number of carbonyl (C=O) groups is 2. The Morgan fingerprint density at radius 3 is 2.50 bits per heavy atom. The molecule has 1 unspecified atom stereocenters. The van der Waals surface area contributed by atoms with Gasteiger partial charge in [-0.05, 0) is 49.6 Å². The molecule has 0 bridgehead atoms. The van der Waals surface area contributed by atoms with Crippen molar-refractivity contribution in [1.29, 1.82) is 0 Å². The van der Waals surface area contributed by atoms with Crippen molar-refractivity contribution in [1.82, 2.24) is 20.4 Å². The van der Waals surface area contributed by atoms with Gasteiger partial charge >= 0.3 is 0 Å². The van der Waals surface area contributed by atoms with E-state index in [1.54, 1.807) is 31.2 Å². The van der Waals surface area contributed by atoms with Crippen LogP contribution in [0, 0.1) is 12.8 Å². The van der Waals surface area contributed by atoms with E-state index in [-0.39, 0.29) is 23.8 Å². The Hall–Kier alpha value is -3.68. The quantitative estimate of drug-likeness (QED) is 0.640. The number of pyridine rings is 1. The molecule has 0 radical (unpaired) electrons. The largest absolute Gasteiger partial charge is 0.497 e. The average Bonchev–Trinajstić information content (AvgIpc) is 3.29. The summed E-state index contributed by atoms with van der Waals surface area (Å²) < 4.78 is 10.3. The highest BCUT2D eigenvalue weighted by molar-refractivity contribution is 5.92. The molecular weight excluding hydrogens is 408 g/mol. The molecule has 1 fully saturated rings. The molecule has 4 rings (SSSR count). The highest BCUT2D eigenvalue weighted by Gasteiger charge is 2.30. The van der Waals surface area contributed by atoms with Gasteiger partial charge in [0.1, 0.15) is 11.5 Å². The van der Waals surface area contributed by atoms with E-state index in [0.717, 1.165) is 17.0 Å². The van der Waals surface area contributed by atoms with Gasteiger partial charge in [0.15, 0.2) is 5.69 Å². The Morgan fingerprint density at radius 2 is 1.91 bits per heavy atom. The van der Waals surface area contributed by atoms with Gasteiger partial charge < -0.3 is 19.5 Å². The molecular formula is C24H26N4O4. The van der Waals surface area contributed by atoms with Crippen molar-refractivity contribution in [3.63, 3.8) is 0 Å². The number of rotatable bonds is 6.